The van der Waals surface area contributed by atoms with Gasteiger partial charge in [0.1, 0.15) is 0 Å². The standard InChI is InChI=1S/C23H17N3O7/c1-2-21(27)33-24-22(16-6-4-3-5-7-16)23(28)17-10-8-15(9-11-17)19-13-12-18(25(29)30)14-20(19)26(31)32/h3-14H,2H2,1H3/b24-22-. The van der Waals surface area contributed by atoms with Crippen molar-refractivity contribution >= 4 is 28.8 Å². The van der Waals surface area contributed by atoms with Crippen LogP contribution in [0.15, 0.2) is 78.0 Å². The van der Waals surface area contributed by atoms with Crippen molar-refractivity contribution in [1.82, 2.24) is 0 Å². The lowest BCUT2D eigenvalue weighted by molar-refractivity contribution is -0.393. The van der Waals surface area contributed by atoms with Gasteiger partial charge in [-0.2, -0.15) is 0 Å². The first-order chi connectivity index (χ1) is 15.8. The van der Waals surface area contributed by atoms with Crippen LogP contribution in [0.25, 0.3) is 11.1 Å². The fraction of sp³-hybridized carbons (Fsp3) is 0.0870. The summed E-state index contributed by atoms with van der Waals surface area (Å²) in [4.78, 5) is 50.4. The molecule has 3 aromatic carbocycles. The molecule has 0 radical (unpaired) electrons. The summed E-state index contributed by atoms with van der Waals surface area (Å²) in [6.07, 6.45) is 0.0858. The zero-order chi connectivity index (χ0) is 24.0. The molecule has 0 fully saturated rings. The van der Waals surface area contributed by atoms with Crippen molar-refractivity contribution in [1.29, 1.82) is 0 Å². The van der Waals surface area contributed by atoms with Crippen LogP contribution in [0.5, 0.6) is 0 Å². The van der Waals surface area contributed by atoms with Gasteiger partial charge >= 0.3 is 5.97 Å². The number of nitrogens with zero attached hydrogens (tertiary/aromatic N) is 3. The molecule has 0 amide bonds. The maximum absolute atomic E-state index is 13.1. The molecule has 0 aliphatic rings. The number of carbonyl (C=O) groups excluding carboxylic acids is 2. The molecule has 10 heteroatoms. The van der Waals surface area contributed by atoms with Crippen LogP contribution in [0, 0.1) is 20.2 Å². The predicted octanol–water partition coefficient (Wildman–Crippen LogP) is 4.71. The van der Waals surface area contributed by atoms with Crippen molar-refractivity contribution in [2.75, 3.05) is 0 Å². The Kier molecular flexibility index (Phi) is 6.99. The zero-order valence-corrected chi connectivity index (χ0v) is 17.3. The summed E-state index contributed by atoms with van der Waals surface area (Å²) in [5, 5.41) is 26.1. The monoisotopic (exact) mass is 447 g/mol. The average molecular weight is 447 g/mol. The van der Waals surface area contributed by atoms with Crippen molar-refractivity contribution in [3.63, 3.8) is 0 Å². The molecule has 0 aromatic heterocycles. The molecule has 0 saturated heterocycles. The summed E-state index contributed by atoms with van der Waals surface area (Å²) >= 11 is 0. The molecule has 3 rings (SSSR count). The second-order valence-electron chi connectivity index (χ2n) is 6.74. The van der Waals surface area contributed by atoms with Gasteiger partial charge in [0.05, 0.1) is 21.5 Å². The Bertz CT molecular complexity index is 1250. The third-order valence-electron chi connectivity index (χ3n) is 4.64. The van der Waals surface area contributed by atoms with Crippen molar-refractivity contribution in [3.8, 4) is 11.1 Å². The summed E-state index contributed by atoms with van der Waals surface area (Å²) in [7, 11) is 0. The number of nitro groups is 2. The van der Waals surface area contributed by atoms with Gasteiger partial charge in [-0.25, -0.2) is 4.79 Å². The molecular weight excluding hydrogens is 430 g/mol. The molecule has 0 heterocycles. The van der Waals surface area contributed by atoms with E-state index in [1.807, 2.05) is 0 Å². The second-order valence-corrected chi connectivity index (χ2v) is 6.74. The number of carbonyl (C=O) groups is 2. The third kappa shape index (κ3) is 5.31. The van der Waals surface area contributed by atoms with Gasteiger partial charge in [0.2, 0.25) is 5.78 Å². The summed E-state index contributed by atoms with van der Waals surface area (Å²) in [5.41, 5.74) is 0.303. The average Bonchev–Trinajstić information content (AvgIpc) is 2.84. The van der Waals surface area contributed by atoms with Gasteiger partial charge in [0, 0.05) is 23.6 Å². The van der Waals surface area contributed by atoms with E-state index in [1.165, 1.54) is 36.4 Å². The van der Waals surface area contributed by atoms with Crippen LogP contribution in [-0.2, 0) is 9.63 Å². The minimum absolute atomic E-state index is 0.0773. The minimum Gasteiger partial charge on any atom is -0.318 e. The van der Waals surface area contributed by atoms with E-state index in [-0.39, 0.29) is 23.3 Å². The highest BCUT2D eigenvalue weighted by Crippen LogP contribution is 2.33. The van der Waals surface area contributed by atoms with E-state index in [9.17, 15) is 29.8 Å². The third-order valence-corrected chi connectivity index (χ3v) is 4.64. The van der Waals surface area contributed by atoms with Crippen molar-refractivity contribution in [2.45, 2.75) is 13.3 Å². The largest absolute Gasteiger partial charge is 0.334 e. The molecule has 0 unspecified atom stereocenters. The van der Waals surface area contributed by atoms with E-state index in [2.05, 4.69) is 5.16 Å². The molecule has 0 bridgehead atoms. The van der Waals surface area contributed by atoms with E-state index in [0.29, 0.717) is 11.1 Å². The van der Waals surface area contributed by atoms with Gasteiger partial charge in [-0.1, -0.05) is 66.7 Å². The first kappa shape index (κ1) is 22.9. The Morgan fingerprint density at radius 2 is 1.55 bits per heavy atom. The van der Waals surface area contributed by atoms with Gasteiger partial charge in [-0.05, 0) is 11.6 Å². The number of ketones is 1. The fourth-order valence-corrected chi connectivity index (χ4v) is 2.95. The van der Waals surface area contributed by atoms with E-state index >= 15 is 0 Å². The van der Waals surface area contributed by atoms with Crippen LogP contribution >= 0.6 is 0 Å². The summed E-state index contributed by atoms with van der Waals surface area (Å²) in [6.45, 7) is 1.60. The number of oxime groups is 1. The molecule has 0 aliphatic heterocycles. The molecular formula is C23H17N3O7. The molecule has 10 nitrogen and oxygen atoms in total. The molecule has 3 aromatic rings. The Balaban J connectivity index is 1.97. The van der Waals surface area contributed by atoms with Crippen molar-refractivity contribution in [2.24, 2.45) is 5.16 Å². The molecule has 0 N–H and O–H groups in total. The van der Waals surface area contributed by atoms with Gasteiger partial charge in [0.15, 0.2) is 5.71 Å². The summed E-state index contributed by atoms with van der Waals surface area (Å²) in [5.74, 6) is -1.12. The smallest absolute Gasteiger partial charge is 0.318 e. The van der Waals surface area contributed by atoms with Gasteiger partial charge < -0.3 is 4.84 Å². The lowest BCUT2D eigenvalue weighted by Crippen LogP contribution is -2.17. The van der Waals surface area contributed by atoms with Crippen molar-refractivity contribution < 1.29 is 24.3 Å². The Morgan fingerprint density at radius 3 is 2.12 bits per heavy atom. The number of non-ortho nitro benzene ring substituents is 1. The Morgan fingerprint density at radius 1 is 0.879 bits per heavy atom. The van der Waals surface area contributed by atoms with Crippen molar-refractivity contribution in [3.05, 3.63) is 104 Å². The number of hydrogen-bond donors (Lipinski definition) is 0. The predicted molar refractivity (Wildman–Crippen MR) is 119 cm³/mol. The van der Waals surface area contributed by atoms with Crippen LogP contribution in [0.4, 0.5) is 11.4 Å². The molecule has 0 spiro atoms. The van der Waals surface area contributed by atoms with E-state index in [4.69, 9.17) is 4.84 Å². The van der Waals surface area contributed by atoms with Gasteiger partial charge in [0.25, 0.3) is 11.4 Å². The quantitative estimate of drug-likeness (QED) is 0.160. The molecule has 33 heavy (non-hydrogen) atoms. The first-order valence-electron chi connectivity index (χ1n) is 9.73. The Labute approximate surface area is 187 Å². The highest BCUT2D eigenvalue weighted by atomic mass is 16.7. The van der Waals surface area contributed by atoms with Crippen LogP contribution in [0.1, 0.15) is 29.3 Å². The number of rotatable bonds is 8. The molecule has 0 saturated carbocycles. The number of benzene rings is 3. The SMILES string of the molecule is CCC(=O)O/N=C(\C(=O)c1ccc(-c2ccc([N+](=O)[O-])cc2[N+](=O)[O-])cc1)c1ccccc1. The van der Waals surface area contributed by atoms with Gasteiger partial charge in [-0.15, -0.1) is 0 Å². The maximum atomic E-state index is 13.1. The van der Waals surface area contributed by atoms with Crippen LogP contribution < -0.4 is 0 Å². The lowest BCUT2D eigenvalue weighted by Gasteiger charge is -2.08. The number of hydrogen-bond acceptors (Lipinski definition) is 8. The maximum Gasteiger partial charge on any atom is 0.334 e. The number of Topliss-reactive ketones (excluding diaryl/α,β-unsaturated/α-hetero) is 1. The van der Waals surface area contributed by atoms with Crippen LogP contribution in [0.2, 0.25) is 0 Å². The number of nitro benzene ring substituents is 2. The second kappa shape index (κ2) is 10.1. The highest BCUT2D eigenvalue weighted by molar-refractivity contribution is 6.51. The zero-order valence-electron chi connectivity index (χ0n) is 17.3. The fourth-order valence-electron chi connectivity index (χ4n) is 2.95. The molecule has 0 aliphatic carbocycles. The normalized spacial score (nSPS) is 11.0. The Hall–Kier alpha value is -4.73. The van der Waals surface area contributed by atoms with Crippen LogP contribution in [0.3, 0.4) is 0 Å². The summed E-state index contributed by atoms with van der Waals surface area (Å²) in [6, 6.07) is 17.7. The van der Waals surface area contributed by atoms with Gasteiger partial charge in [-0.3, -0.25) is 25.0 Å². The topological polar surface area (TPSA) is 142 Å². The minimum atomic E-state index is -0.714. The molecule has 166 valence electrons. The molecule has 0 atom stereocenters. The summed E-state index contributed by atoms with van der Waals surface area (Å²) < 4.78 is 0. The van der Waals surface area contributed by atoms with E-state index in [0.717, 1.165) is 6.07 Å². The van der Waals surface area contributed by atoms with E-state index in [1.54, 1.807) is 37.3 Å². The first-order valence-corrected chi connectivity index (χ1v) is 9.73. The highest BCUT2D eigenvalue weighted by Gasteiger charge is 2.22. The van der Waals surface area contributed by atoms with E-state index < -0.39 is 33.0 Å². The van der Waals surface area contributed by atoms with Crippen LogP contribution in [-0.4, -0.2) is 27.3 Å². The lowest BCUT2D eigenvalue weighted by atomic mass is 9.97.